The van der Waals surface area contributed by atoms with E-state index in [1.807, 2.05) is 23.8 Å². The van der Waals surface area contributed by atoms with E-state index in [9.17, 15) is 9.59 Å². The maximum Gasteiger partial charge on any atom is 0.339 e. The SMILES string of the molecule is COC(=O)c1c(SC)cc(-c2cccs2)c2c1CCC(=O)C2. The molecule has 3 rings (SSSR count). The smallest absolute Gasteiger partial charge is 0.339 e. The van der Waals surface area contributed by atoms with E-state index in [1.165, 1.54) is 7.11 Å². The number of fused-ring (bicyclic) bond motifs is 1. The summed E-state index contributed by atoms with van der Waals surface area (Å²) >= 11 is 3.20. The van der Waals surface area contributed by atoms with Gasteiger partial charge >= 0.3 is 5.97 Å². The molecule has 0 radical (unpaired) electrons. The summed E-state index contributed by atoms with van der Waals surface area (Å²) in [5.74, 6) is -0.0781. The summed E-state index contributed by atoms with van der Waals surface area (Å²) < 4.78 is 4.97. The molecule has 1 aromatic heterocycles. The molecule has 0 fully saturated rings. The molecule has 0 atom stereocenters. The number of esters is 1. The first-order chi connectivity index (χ1) is 10.7. The summed E-state index contributed by atoms with van der Waals surface area (Å²) in [6, 6.07) is 6.09. The van der Waals surface area contributed by atoms with Crippen LogP contribution in [0.3, 0.4) is 0 Å². The van der Waals surface area contributed by atoms with Crippen LogP contribution in [0.15, 0.2) is 28.5 Å². The van der Waals surface area contributed by atoms with E-state index in [-0.39, 0.29) is 11.8 Å². The van der Waals surface area contributed by atoms with Crippen molar-refractivity contribution in [3.63, 3.8) is 0 Å². The average Bonchev–Trinajstić information content (AvgIpc) is 3.06. The van der Waals surface area contributed by atoms with E-state index in [0.29, 0.717) is 24.8 Å². The summed E-state index contributed by atoms with van der Waals surface area (Å²) in [5.41, 5.74) is 3.70. The Bertz CT molecular complexity index is 733. The van der Waals surface area contributed by atoms with Gasteiger partial charge in [-0.25, -0.2) is 4.79 Å². The molecule has 0 saturated carbocycles. The van der Waals surface area contributed by atoms with Crippen LogP contribution in [0.5, 0.6) is 0 Å². The van der Waals surface area contributed by atoms with Crippen LogP contribution >= 0.6 is 23.1 Å². The van der Waals surface area contributed by atoms with Crippen LogP contribution in [0, 0.1) is 0 Å². The van der Waals surface area contributed by atoms with E-state index in [2.05, 4.69) is 6.07 Å². The standard InChI is InChI=1S/C17H16O3S2/c1-20-17(19)16-11-6-5-10(18)8-12(11)13(9-15(16)21-2)14-4-3-7-22-14/h3-4,7,9H,5-6,8H2,1-2H3. The van der Waals surface area contributed by atoms with Gasteiger partial charge in [-0.3, -0.25) is 4.79 Å². The van der Waals surface area contributed by atoms with Crippen LogP contribution in [0.4, 0.5) is 0 Å². The second kappa shape index (κ2) is 6.26. The summed E-state index contributed by atoms with van der Waals surface area (Å²) in [5, 5.41) is 2.03. The van der Waals surface area contributed by atoms with Crippen LogP contribution in [0.2, 0.25) is 0 Å². The lowest BCUT2D eigenvalue weighted by Crippen LogP contribution is -2.19. The Kier molecular flexibility index (Phi) is 4.36. The van der Waals surface area contributed by atoms with Crippen molar-refractivity contribution in [2.45, 2.75) is 24.2 Å². The van der Waals surface area contributed by atoms with Crippen LogP contribution < -0.4 is 0 Å². The van der Waals surface area contributed by atoms with Crippen LogP contribution in [0.25, 0.3) is 10.4 Å². The second-order valence-corrected chi connectivity index (χ2v) is 6.94. The molecule has 2 aromatic rings. The van der Waals surface area contributed by atoms with Crippen molar-refractivity contribution in [3.8, 4) is 10.4 Å². The van der Waals surface area contributed by atoms with E-state index in [0.717, 1.165) is 26.5 Å². The van der Waals surface area contributed by atoms with Crippen molar-refractivity contribution in [2.24, 2.45) is 0 Å². The first-order valence-electron chi connectivity index (χ1n) is 7.02. The number of thioether (sulfide) groups is 1. The van der Waals surface area contributed by atoms with Crippen molar-refractivity contribution >= 4 is 34.9 Å². The van der Waals surface area contributed by atoms with Gasteiger partial charge in [0.15, 0.2) is 0 Å². The van der Waals surface area contributed by atoms with Gasteiger partial charge in [-0.1, -0.05) is 6.07 Å². The van der Waals surface area contributed by atoms with E-state index < -0.39 is 0 Å². The fraction of sp³-hybridized carbons (Fsp3) is 0.294. The molecule has 1 aliphatic carbocycles. The minimum Gasteiger partial charge on any atom is -0.465 e. The third kappa shape index (κ3) is 2.59. The molecule has 5 heteroatoms. The molecule has 3 nitrogen and oxygen atoms in total. The molecule has 1 aromatic carbocycles. The zero-order valence-corrected chi connectivity index (χ0v) is 14.1. The number of benzene rings is 1. The Morgan fingerprint density at radius 2 is 2.14 bits per heavy atom. The number of hydrogen-bond donors (Lipinski definition) is 0. The van der Waals surface area contributed by atoms with Crippen molar-refractivity contribution in [1.29, 1.82) is 0 Å². The third-order valence-electron chi connectivity index (χ3n) is 3.94. The lowest BCUT2D eigenvalue weighted by Gasteiger charge is -2.23. The Hall–Kier alpha value is -1.59. The minimum atomic E-state index is -0.312. The number of methoxy groups -OCH3 is 1. The van der Waals surface area contributed by atoms with E-state index in [4.69, 9.17) is 4.74 Å². The largest absolute Gasteiger partial charge is 0.465 e. The van der Waals surface area contributed by atoms with Crippen molar-refractivity contribution in [3.05, 3.63) is 40.3 Å². The molecule has 0 unspecified atom stereocenters. The molecule has 0 N–H and O–H groups in total. The van der Waals surface area contributed by atoms with E-state index in [1.54, 1.807) is 23.1 Å². The summed E-state index contributed by atoms with van der Waals surface area (Å²) in [7, 11) is 1.40. The number of carbonyl (C=O) groups is 2. The Balaban J connectivity index is 2.29. The first kappa shape index (κ1) is 15.3. The molecule has 0 aliphatic heterocycles. The van der Waals surface area contributed by atoms with Gasteiger partial charge in [0.1, 0.15) is 5.78 Å². The molecule has 0 spiro atoms. The maximum absolute atomic E-state index is 12.2. The third-order valence-corrected chi connectivity index (χ3v) is 5.60. The molecule has 0 saturated heterocycles. The van der Waals surface area contributed by atoms with Gasteiger partial charge in [0, 0.05) is 22.6 Å². The second-order valence-electron chi connectivity index (χ2n) is 5.14. The van der Waals surface area contributed by atoms with Gasteiger partial charge in [-0.05, 0) is 46.9 Å². The highest BCUT2D eigenvalue weighted by Gasteiger charge is 2.28. The maximum atomic E-state index is 12.2. The van der Waals surface area contributed by atoms with Gasteiger partial charge in [-0.15, -0.1) is 23.1 Å². The van der Waals surface area contributed by atoms with Crippen molar-refractivity contribution in [1.82, 2.24) is 0 Å². The van der Waals surface area contributed by atoms with Crippen molar-refractivity contribution in [2.75, 3.05) is 13.4 Å². The van der Waals surface area contributed by atoms with Gasteiger partial charge in [0.2, 0.25) is 0 Å². The molecule has 1 heterocycles. The highest BCUT2D eigenvalue weighted by molar-refractivity contribution is 7.98. The lowest BCUT2D eigenvalue weighted by molar-refractivity contribution is -0.118. The number of carbonyl (C=O) groups excluding carboxylic acids is 2. The molecular weight excluding hydrogens is 316 g/mol. The highest BCUT2D eigenvalue weighted by atomic mass is 32.2. The fourth-order valence-corrected chi connectivity index (χ4v) is 4.34. The number of thiophene rings is 1. The Morgan fingerprint density at radius 3 is 2.77 bits per heavy atom. The zero-order chi connectivity index (χ0) is 15.7. The molecule has 22 heavy (non-hydrogen) atoms. The molecule has 114 valence electrons. The first-order valence-corrected chi connectivity index (χ1v) is 9.12. The van der Waals surface area contributed by atoms with Crippen LogP contribution in [-0.2, 0) is 22.4 Å². The number of ether oxygens (including phenoxy) is 1. The predicted molar refractivity (Wildman–Crippen MR) is 89.9 cm³/mol. The van der Waals surface area contributed by atoms with Gasteiger partial charge in [0.05, 0.1) is 12.7 Å². The monoisotopic (exact) mass is 332 g/mol. The van der Waals surface area contributed by atoms with Crippen LogP contribution in [-0.4, -0.2) is 25.1 Å². The van der Waals surface area contributed by atoms with Gasteiger partial charge in [-0.2, -0.15) is 0 Å². The number of Topliss-reactive ketones (excluding diaryl/α,β-unsaturated/α-hetero) is 1. The fourth-order valence-electron chi connectivity index (χ4n) is 2.92. The zero-order valence-electron chi connectivity index (χ0n) is 12.5. The van der Waals surface area contributed by atoms with Gasteiger partial charge < -0.3 is 4.74 Å². The Morgan fingerprint density at radius 1 is 1.32 bits per heavy atom. The van der Waals surface area contributed by atoms with Crippen molar-refractivity contribution < 1.29 is 14.3 Å². The number of hydrogen-bond acceptors (Lipinski definition) is 5. The molecule has 0 bridgehead atoms. The van der Waals surface area contributed by atoms with E-state index >= 15 is 0 Å². The number of ketones is 1. The summed E-state index contributed by atoms with van der Waals surface area (Å²) in [6.07, 6.45) is 3.48. The quantitative estimate of drug-likeness (QED) is 0.630. The topological polar surface area (TPSA) is 43.4 Å². The molecular formula is C17H16O3S2. The average molecular weight is 332 g/mol. The van der Waals surface area contributed by atoms with Crippen LogP contribution in [0.1, 0.15) is 27.9 Å². The molecule has 1 aliphatic rings. The summed E-state index contributed by atoms with van der Waals surface area (Å²) in [6.45, 7) is 0. The number of rotatable bonds is 3. The predicted octanol–water partition coefficient (Wildman–Crippen LogP) is 3.98. The minimum absolute atomic E-state index is 0.234. The normalized spacial score (nSPS) is 13.8. The Labute approximate surface area is 137 Å². The summed E-state index contributed by atoms with van der Waals surface area (Å²) in [4.78, 5) is 26.2. The lowest BCUT2D eigenvalue weighted by atomic mass is 9.84. The molecule has 0 amide bonds. The highest BCUT2D eigenvalue weighted by Crippen LogP contribution is 2.39. The van der Waals surface area contributed by atoms with Gasteiger partial charge in [0.25, 0.3) is 0 Å².